The lowest BCUT2D eigenvalue weighted by Gasteiger charge is -2.52. The van der Waals surface area contributed by atoms with E-state index in [4.69, 9.17) is 10.00 Å². The molecule has 2 aliphatic rings. The molecule has 1 aromatic heterocycles. The van der Waals surface area contributed by atoms with Gasteiger partial charge in [-0.05, 0) is 71.2 Å². The third kappa shape index (κ3) is 4.31. The molecule has 0 unspecified atom stereocenters. The predicted molar refractivity (Wildman–Crippen MR) is 118 cm³/mol. The van der Waals surface area contributed by atoms with Crippen LogP contribution in [0.3, 0.4) is 0 Å². The molecule has 2 aromatic rings. The van der Waals surface area contributed by atoms with Gasteiger partial charge in [-0.25, -0.2) is 4.98 Å². The van der Waals surface area contributed by atoms with E-state index in [0.717, 1.165) is 50.3 Å². The molecular weight excluding hydrogens is 372 g/mol. The first kappa shape index (κ1) is 21.1. The number of benzene rings is 1. The number of ether oxygens (including phenoxy) is 1. The van der Waals surface area contributed by atoms with Crippen molar-refractivity contribution in [3.8, 4) is 6.07 Å². The van der Waals surface area contributed by atoms with Gasteiger partial charge in [-0.1, -0.05) is 12.1 Å². The van der Waals surface area contributed by atoms with Gasteiger partial charge in [0, 0.05) is 36.8 Å². The second kappa shape index (κ2) is 8.17. The van der Waals surface area contributed by atoms with Crippen LogP contribution in [0.15, 0.2) is 36.7 Å². The number of imidazole rings is 1. The van der Waals surface area contributed by atoms with E-state index in [9.17, 15) is 0 Å². The Kier molecular flexibility index (Phi) is 5.74. The van der Waals surface area contributed by atoms with Gasteiger partial charge in [0.1, 0.15) is 5.82 Å². The molecule has 0 N–H and O–H groups in total. The molecule has 5 heteroatoms. The number of aryl methyl sites for hydroxylation is 1. The van der Waals surface area contributed by atoms with Gasteiger partial charge in [-0.3, -0.25) is 4.90 Å². The summed E-state index contributed by atoms with van der Waals surface area (Å²) < 4.78 is 8.67. The Morgan fingerprint density at radius 1 is 1.27 bits per heavy atom. The van der Waals surface area contributed by atoms with Crippen molar-refractivity contribution >= 4 is 0 Å². The van der Waals surface area contributed by atoms with E-state index in [1.165, 1.54) is 12.0 Å². The molecule has 2 aliphatic heterocycles. The molecule has 0 aliphatic carbocycles. The minimum absolute atomic E-state index is 0.00737. The molecule has 160 valence electrons. The summed E-state index contributed by atoms with van der Waals surface area (Å²) in [6.07, 6.45) is 8.80. The summed E-state index contributed by atoms with van der Waals surface area (Å²) in [5, 5.41) is 9.04. The van der Waals surface area contributed by atoms with Crippen molar-refractivity contribution in [2.45, 2.75) is 77.7 Å². The molecule has 4 rings (SSSR count). The molecule has 2 saturated heterocycles. The Bertz CT molecular complexity index is 900. The summed E-state index contributed by atoms with van der Waals surface area (Å²) in [7, 11) is 0. The van der Waals surface area contributed by atoms with Crippen molar-refractivity contribution in [1.29, 1.82) is 5.26 Å². The topological polar surface area (TPSA) is 54.1 Å². The number of likely N-dealkylation sites (tertiary alicyclic amines) is 1. The van der Waals surface area contributed by atoms with E-state index in [2.05, 4.69) is 66.5 Å². The van der Waals surface area contributed by atoms with Crippen LogP contribution >= 0.6 is 0 Å². The lowest BCUT2D eigenvalue weighted by atomic mass is 9.70. The van der Waals surface area contributed by atoms with Gasteiger partial charge in [-0.15, -0.1) is 0 Å². The van der Waals surface area contributed by atoms with Crippen molar-refractivity contribution in [2.24, 2.45) is 5.41 Å². The third-order valence-corrected chi connectivity index (χ3v) is 6.95. The highest BCUT2D eigenvalue weighted by atomic mass is 16.5. The molecular formula is C25H34N4O. The van der Waals surface area contributed by atoms with E-state index in [1.54, 1.807) is 0 Å². The average Bonchev–Trinajstić information content (AvgIpc) is 3.33. The summed E-state index contributed by atoms with van der Waals surface area (Å²) in [5.74, 6) is 1.16. The SMILES string of the molecule is CC(C)n1ccnc1CN1CC[C@@](CCc2ccc(C#N)cc2)([C@H]2CC(C)(C)O2)C1. The highest BCUT2D eigenvalue weighted by Gasteiger charge is 2.52. The van der Waals surface area contributed by atoms with Crippen molar-refractivity contribution in [3.05, 3.63) is 53.6 Å². The predicted octanol–water partition coefficient (Wildman–Crippen LogP) is 4.73. The molecule has 0 saturated carbocycles. The smallest absolute Gasteiger partial charge is 0.123 e. The van der Waals surface area contributed by atoms with Crippen LogP contribution in [0.1, 0.15) is 70.0 Å². The normalized spacial score (nSPS) is 25.9. The number of nitriles is 1. The van der Waals surface area contributed by atoms with Crippen molar-refractivity contribution in [3.63, 3.8) is 0 Å². The number of rotatable bonds is 7. The van der Waals surface area contributed by atoms with Gasteiger partial charge in [0.2, 0.25) is 0 Å². The molecule has 2 atom stereocenters. The average molecular weight is 407 g/mol. The maximum Gasteiger partial charge on any atom is 0.123 e. The van der Waals surface area contributed by atoms with Gasteiger partial charge in [0.25, 0.3) is 0 Å². The second-order valence-electron chi connectivity index (χ2n) is 10.0. The number of hydrogen-bond acceptors (Lipinski definition) is 4. The highest BCUT2D eigenvalue weighted by molar-refractivity contribution is 5.31. The number of nitrogens with zero attached hydrogens (tertiary/aromatic N) is 4. The molecule has 2 fully saturated rings. The Balaban J connectivity index is 1.46. The summed E-state index contributed by atoms with van der Waals surface area (Å²) in [5.41, 5.74) is 2.23. The van der Waals surface area contributed by atoms with E-state index in [0.29, 0.717) is 12.1 Å². The third-order valence-electron chi connectivity index (χ3n) is 6.95. The fourth-order valence-electron chi connectivity index (χ4n) is 5.19. The van der Waals surface area contributed by atoms with Crippen LogP contribution in [0.4, 0.5) is 0 Å². The summed E-state index contributed by atoms with van der Waals surface area (Å²) in [4.78, 5) is 7.19. The Labute approximate surface area is 180 Å². The van der Waals surface area contributed by atoms with Crippen molar-refractivity contribution < 1.29 is 4.74 Å². The highest BCUT2D eigenvalue weighted by Crippen LogP contribution is 2.49. The van der Waals surface area contributed by atoms with Gasteiger partial charge in [0.15, 0.2) is 0 Å². The standard InChI is InChI=1S/C25H34N4O/c1-19(2)29-14-12-27-23(29)17-28-13-11-25(18-28,22-15-24(3,4)30-22)10-9-20-5-7-21(16-26)8-6-20/h5-8,12,14,19,22H,9-11,13,15,17-18H2,1-4H3/t22-,25-/m1/s1. The summed E-state index contributed by atoms with van der Waals surface area (Å²) in [6, 6.07) is 10.7. The van der Waals surface area contributed by atoms with E-state index in [1.807, 2.05) is 18.3 Å². The van der Waals surface area contributed by atoms with E-state index < -0.39 is 0 Å². The zero-order chi connectivity index (χ0) is 21.4. The lowest BCUT2D eigenvalue weighted by molar-refractivity contribution is -0.230. The monoisotopic (exact) mass is 406 g/mol. The first-order valence-corrected chi connectivity index (χ1v) is 11.2. The molecule has 3 heterocycles. The van der Waals surface area contributed by atoms with Gasteiger partial charge in [-0.2, -0.15) is 5.26 Å². The van der Waals surface area contributed by atoms with Crippen LogP contribution in [-0.4, -0.2) is 39.2 Å². The molecule has 0 amide bonds. The van der Waals surface area contributed by atoms with Crippen LogP contribution in [0, 0.1) is 16.7 Å². The molecule has 0 spiro atoms. The minimum atomic E-state index is 0.00737. The molecule has 5 nitrogen and oxygen atoms in total. The van der Waals surface area contributed by atoms with E-state index >= 15 is 0 Å². The molecule has 30 heavy (non-hydrogen) atoms. The molecule has 0 radical (unpaired) electrons. The first-order chi connectivity index (χ1) is 14.3. The van der Waals surface area contributed by atoms with Crippen molar-refractivity contribution in [2.75, 3.05) is 13.1 Å². The van der Waals surface area contributed by atoms with Gasteiger partial charge >= 0.3 is 0 Å². The molecule has 0 bridgehead atoms. The minimum Gasteiger partial charge on any atom is -0.372 e. The zero-order valence-corrected chi connectivity index (χ0v) is 18.8. The Morgan fingerprint density at radius 3 is 2.63 bits per heavy atom. The fourth-order valence-corrected chi connectivity index (χ4v) is 5.19. The maximum atomic E-state index is 9.04. The maximum absolute atomic E-state index is 9.04. The van der Waals surface area contributed by atoms with Gasteiger partial charge in [0.05, 0.1) is 29.9 Å². The lowest BCUT2D eigenvalue weighted by Crippen LogP contribution is -2.55. The molecule has 1 aromatic carbocycles. The Hall–Kier alpha value is -2.16. The summed E-state index contributed by atoms with van der Waals surface area (Å²) >= 11 is 0. The van der Waals surface area contributed by atoms with E-state index in [-0.39, 0.29) is 11.0 Å². The number of aromatic nitrogens is 2. The van der Waals surface area contributed by atoms with Crippen LogP contribution in [0.2, 0.25) is 0 Å². The van der Waals surface area contributed by atoms with Crippen LogP contribution in [0.25, 0.3) is 0 Å². The first-order valence-electron chi connectivity index (χ1n) is 11.2. The van der Waals surface area contributed by atoms with Crippen LogP contribution < -0.4 is 0 Å². The van der Waals surface area contributed by atoms with Crippen molar-refractivity contribution in [1.82, 2.24) is 14.5 Å². The van der Waals surface area contributed by atoms with Crippen LogP contribution in [0.5, 0.6) is 0 Å². The quantitative estimate of drug-likeness (QED) is 0.667. The number of hydrogen-bond donors (Lipinski definition) is 0. The zero-order valence-electron chi connectivity index (χ0n) is 18.8. The largest absolute Gasteiger partial charge is 0.372 e. The second-order valence-corrected chi connectivity index (χ2v) is 10.0. The fraction of sp³-hybridized carbons (Fsp3) is 0.600. The Morgan fingerprint density at radius 2 is 2.00 bits per heavy atom. The van der Waals surface area contributed by atoms with Crippen LogP contribution in [-0.2, 0) is 17.7 Å². The van der Waals surface area contributed by atoms with Gasteiger partial charge < -0.3 is 9.30 Å². The summed E-state index contributed by atoms with van der Waals surface area (Å²) in [6.45, 7) is 11.9.